The topological polar surface area (TPSA) is 34.1 Å². The van der Waals surface area contributed by atoms with Gasteiger partial charge in [-0.15, -0.1) is 0 Å². The number of hydrogen-bond donors (Lipinski definition) is 1. The molecule has 1 N–H and O–H groups in total. The molecule has 0 aliphatic carbocycles. The van der Waals surface area contributed by atoms with Gasteiger partial charge >= 0.3 is 0 Å². The largest absolute Gasteiger partial charge is 0.373 e. The molecule has 1 aliphatic heterocycles. The predicted octanol–water partition coefficient (Wildman–Crippen LogP) is 3.19. The van der Waals surface area contributed by atoms with Gasteiger partial charge in [0.05, 0.1) is 24.4 Å². The van der Waals surface area contributed by atoms with Crippen LogP contribution in [-0.2, 0) is 11.2 Å². The maximum Gasteiger partial charge on any atom is 0.146 e. The molecular formula is C17H19FN2O. The molecule has 3 rings (SSSR count). The molecule has 21 heavy (non-hydrogen) atoms. The van der Waals surface area contributed by atoms with Crippen molar-refractivity contribution in [1.29, 1.82) is 0 Å². The second-order valence-corrected chi connectivity index (χ2v) is 5.26. The summed E-state index contributed by atoms with van der Waals surface area (Å²) in [6.45, 7) is 0.711. The number of pyridine rings is 1. The SMILES string of the molecule is CNC(CC1OCCc2ccccc21)c1ncccc1F. The third-order valence-corrected chi connectivity index (χ3v) is 4.01. The highest BCUT2D eigenvalue weighted by Gasteiger charge is 2.26. The number of benzene rings is 1. The van der Waals surface area contributed by atoms with Crippen molar-refractivity contribution in [2.45, 2.75) is 25.0 Å². The zero-order chi connectivity index (χ0) is 14.7. The van der Waals surface area contributed by atoms with Crippen LogP contribution in [0.2, 0.25) is 0 Å². The lowest BCUT2D eigenvalue weighted by atomic mass is 9.92. The van der Waals surface area contributed by atoms with E-state index < -0.39 is 0 Å². The van der Waals surface area contributed by atoms with Crippen LogP contribution in [0.5, 0.6) is 0 Å². The molecule has 4 heteroatoms. The molecule has 2 aromatic rings. The fraction of sp³-hybridized carbons (Fsp3) is 0.353. The van der Waals surface area contributed by atoms with E-state index in [1.54, 1.807) is 12.3 Å². The Labute approximate surface area is 124 Å². The number of aromatic nitrogens is 1. The van der Waals surface area contributed by atoms with Gasteiger partial charge in [-0.1, -0.05) is 24.3 Å². The lowest BCUT2D eigenvalue weighted by Crippen LogP contribution is -2.25. The van der Waals surface area contributed by atoms with Gasteiger partial charge in [0.2, 0.25) is 0 Å². The number of halogens is 1. The molecule has 0 bridgehead atoms. The van der Waals surface area contributed by atoms with E-state index in [2.05, 4.69) is 28.5 Å². The van der Waals surface area contributed by atoms with E-state index in [0.29, 0.717) is 18.7 Å². The molecule has 1 aliphatic rings. The van der Waals surface area contributed by atoms with Crippen LogP contribution in [0.15, 0.2) is 42.6 Å². The van der Waals surface area contributed by atoms with E-state index in [-0.39, 0.29) is 18.0 Å². The smallest absolute Gasteiger partial charge is 0.146 e. The van der Waals surface area contributed by atoms with Crippen LogP contribution in [0.4, 0.5) is 4.39 Å². The normalized spacial score (nSPS) is 19.0. The average Bonchev–Trinajstić information content (AvgIpc) is 2.53. The lowest BCUT2D eigenvalue weighted by molar-refractivity contribution is 0.0293. The Morgan fingerprint density at radius 3 is 3.00 bits per heavy atom. The number of rotatable bonds is 4. The van der Waals surface area contributed by atoms with Gasteiger partial charge in [0, 0.05) is 6.20 Å². The maximum absolute atomic E-state index is 13.9. The summed E-state index contributed by atoms with van der Waals surface area (Å²) in [4.78, 5) is 4.18. The molecular weight excluding hydrogens is 267 g/mol. The number of nitrogens with one attached hydrogen (secondary N) is 1. The van der Waals surface area contributed by atoms with Crippen molar-refractivity contribution in [1.82, 2.24) is 10.3 Å². The van der Waals surface area contributed by atoms with Gasteiger partial charge in [-0.2, -0.15) is 0 Å². The maximum atomic E-state index is 13.9. The van der Waals surface area contributed by atoms with Crippen molar-refractivity contribution in [3.63, 3.8) is 0 Å². The number of ether oxygens (including phenoxy) is 1. The fourth-order valence-electron chi connectivity index (χ4n) is 2.91. The minimum absolute atomic E-state index is 0.0196. The summed E-state index contributed by atoms with van der Waals surface area (Å²) >= 11 is 0. The number of nitrogens with zero attached hydrogens (tertiary/aromatic N) is 1. The van der Waals surface area contributed by atoms with Crippen molar-refractivity contribution in [2.75, 3.05) is 13.7 Å². The van der Waals surface area contributed by atoms with Crippen molar-refractivity contribution in [2.24, 2.45) is 0 Å². The van der Waals surface area contributed by atoms with Gasteiger partial charge in [-0.25, -0.2) is 4.39 Å². The minimum atomic E-state index is -0.277. The van der Waals surface area contributed by atoms with Crippen LogP contribution in [0, 0.1) is 5.82 Å². The molecule has 0 saturated carbocycles. The average molecular weight is 286 g/mol. The highest BCUT2D eigenvalue weighted by Crippen LogP contribution is 2.34. The Balaban J connectivity index is 1.84. The molecule has 1 aromatic carbocycles. The summed E-state index contributed by atoms with van der Waals surface area (Å²) in [5.41, 5.74) is 2.98. The van der Waals surface area contributed by atoms with E-state index in [9.17, 15) is 4.39 Å². The van der Waals surface area contributed by atoms with Crippen LogP contribution in [0.25, 0.3) is 0 Å². The zero-order valence-corrected chi connectivity index (χ0v) is 12.1. The van der Waals surface area contributed by atoms with Gasteiger partial charge in [0.1, 0.15) is 5.82 Å². The van der Waals surface area contributed by atoms with Crippen LogP contribution < -0.4 is 5.32 Å². The van der Waals surface area contributed by atoms with E-state index in [1.165, 1.54) is 17.2 Å². The highest BCUT2D eigenvalue weighted by atomic mass is 19.1. The summed E-state index contributed by atoms with van der Waals surface area (Å²) in [6, 6.07) is 11.2. The molecule has 0 radical (unpaired) electrons. The summed E-state index contributed by atoms with van der Waals surface area (Å²) in [6.07, 6.45) is 3.21. The molecule has 2 heterocycles. The van der Waals surface area contributed by atoms with Gasteiger partial charge < -0.3 is 10.1 Å². The van der Waals surface area contributed by atoms with Crippen LogP contribution in [0.3, 0.4) is 0 Å². The molecule has 0 amide bonds. The first kappa shape index (κ1) is 14.2. The zero-order valence-electron chi connectivity index (χ0n) is 12.1. The first-order valence-corrected chi connectivity index (χ1v) is 7.26. The number of fused-ring (bicyclic) bond motifs is 1. The quantitative estimate of drug-likeness (QED) is 0.937. The third kappa shape index (κ3) is 2.96. The Morgan fingerprint density at radius 1 is 1.33 bits per heavy atom. The van der Waals surface area contributed by atoms with Gasteiger partial charge in [-0.05, 0) is 43.1 Å². The third-order valence-electron chi connectivity index (χ3n) is 4.01. The molecule has 2 atom stereocenters. The van der Waals surface area contributed by atoms with Crippen molar-refractivity contribution in [3.8, 4) is 0 Å². The van der Waals surface area contributed by atoms with E-state index in [4.69, 9.17) is 4.74 Å². The summed E-state index contributed by atoms with van der Waals surface area (Å²) < 4.78 is 19.8. The van der Waals surface area contributed by atoms with Gasteiger partial charge in [0.25, 0.3) is 0 Å². The van der Waals surface area contributed by atoms with E-state index in [0.717, 1.165) is 6.42 Å². The number of hydrogen-bond acceptors (Lipinski definition) is 3. The van der Waals surface area contributed by atoms with Crippen molar-refractivity contribution >= 4 is 0 Å². The van der Waals surface area contributed by atoms with Crippen molar-refractivity contribution in [3.05, 3.63) is 65.2 Å². The fourth-order valence-corrected chi connectivity index (χ4v) is 2.91. The molecule has 0 spiro atoms. The minimum Gasteiger partial charge on any atom is -0.373 e. The molecule has 0 fully saturated rings. The highest BCUT2D eigenvalue weighted by molar-refractivity contribution is 5.31. The standard InChI is InChI=1S/C17H19FN2O/c1-19-15(17-14(18)7-4-9-20-17)11-16-13-6-3-2-5-12(13)8-10-21-16/h2-7,9,15-16,19H,8,10-11H2,1H3. The Kier molecular flexibility index (Phi) is 4.27. The van der Waals surface area contributed by atoms with Crippen molar-refractivity contribution < 1.29 is 9.13 Å². The second-order valence-electron chi connectivity index (χ2n) is 5.26. The summed E-state index contributed by atoms with van der Waals surface area (Å²) in [7, 11) is 1.83. The van der Waals surface area contributed by atoms with Crippen LogP contribution in [-0.4, -0.2) is 18.6 Å². The van der Waals surface area contributed by atoms with Gasteiger partial charge in [0.15, 0.2) is 0 Å². The Bertz CT molecular complexity index is 617. The van der Waals surface area contributed by atoms with Crippen LogP contribution in [0.1, 0.15) is 35.4 Å². The van der Waals surface area contributed by atoms with Crippen LogP contribution >= 0.6 is 0 Å². The Hall–Kier alpha value is -1.78. The molecule has 3 nitrogen and oxygen atoms in total. The lowest BCUT2D eigenvalue weighted by Gasteiger charge is -2.29. The molecule has 2 unspecified atom stereocenters. The second kappa shape index (κ2) is 6.33. The van der Waals surface area contributed by atoms with Gasteiger partial charge in [-0.3, -0.25) is 4.98 Å². The van der Waals surface area contributed by atoms with E-state index in [1.807, 2.05) is 13.1 Å². The molecule has 1 aromatic heterocycles. The summed E-state index contributed by atoms with van der Waals surface area (Å²) in [5, 5.41) is 3.15. The monoisotopic (exact) mass is 286 g/mol. The molecule has 0 saturated heterocycles. The summed E-state index contributed by atoms with van der Waals surface area (Å²) in [5.74, 6) is -0.277. The Morgan fingerprint density at radius 2 is 2.19 bits per heavy atom. The molecule has 110 valence electrons. The van der Waals surface area contributed by atoms with E-state index >= 15 is 0 Å². The first-order chi connectivity index (χ1) is 10.3. The first-order valence-electron chi connectivity index (χ1n) is 7.26. The predicted molar refractivity (Wildman–Crippen MR) is 79.5 cm³/mol.